The Morgan fingerprint density at radius 1 is 0.920 bits per heavy atom. The minimum atomic E-state index is 0.630. The third kappa shape index (κ3) is 3.27. The van der Waals surface area contributed by atoms with Gasteiger partial charge in [-0.25, -0.2) is 0 Å². The Balaban J connectivity index is 1.55. The Kier molecular flexibility index (Phi) is 4.45. The van der Waals surface area contributed by atoms with Gasteiger partial charge in [-0.2, -0.15) is 0 Å². The van der Waals surface area contributed by atoms with Gasteiger partial charge in [-0.05, 0) is 55.5 Å². The number of aromatic nitrogens is 3. The molecule has 5 heteroatoms. The number of hydrogen-bond acceptors (Lipinski definition) is 3. The van der Waals surface area contributed by atoms with E-state index in [9.17, 15) is 0 Å². The fourth-order valence-electron chi connectivity index (χ4n) is 3.59. The van der Waals surface area contributed by atoms with Crippen LogP contribution >= 0.6 is 11.6 Å². The second-order valence-corrected chi connectivity index (χ2v) is 6.97. The molecule has 2 heterocycles. The second-order valence-electron chi connectivity index (χ2n) is 6.53. The minimum absolute atomic E-state index is 0.630. The molecule has 128 valence electrons. The maximum absolute atomic E-state index is 6.02. The van der Waals surface area contributed by atoms with Crippen molar-refractivity contribution < 1.29 is 0 Å². The normalized spacial score (nSPS) is 15.5. The van der Waals surface area contributed by atoms with Gasteiger partial charge in [0.1, 0.15) is 5.82 Å². The van der Waals surface area contributed by atoms with E-state index in [2.05, 4.69) is 50.0 Å². The molecule has 0 bridgehead atoms. The van der Waals surface area contributed by atoms with E-state index < -0.39 is 0 Å². The number of benzene rings is 2. The van der Waals surface area contributed by atoms with Gasteiger partial charge in [0.15, 0.2) is 0 Å². The van der Waals surface area contributed by atoms with Crippen LogP contribution in [0.2, 0.25) is 5.02 Å². The molecule has 0 spiro atoms. The van der Waals surface area contributed by atoms with Crippen LogP contribution in [0, 0.1) is 6.92 Å². The van der Waals surface area contributed by atoms with E-state index in [0.717, 1.165) is 48.4 Å². The molecule has 0 amide bonds. The molecule has 0 unspecified atom stereocenters. The highest BCUT2D eigenvalue weighted by molar-refractivity contribution is 6.30. The molecule has 3 aromatic rings. The molecule has 1 aromatic heterocycles. The van der Waals surface area contributed by atoms with Gasteiger partial charge >= 0.3 is 0 Å². The highest BCUT2D eigenvalue weighted by Gasteiger charge is 2.24. The number of rotatable bonds is 3. The van der Waals surface area contributed by atoms with Crippen LogP contribution in [-0.2, 0) is 0 Å². The van der Waals surface area contributed by atoms with E-state index in [4.69, 9.17) is 11.6 Å². The number of piperidine rings is 1. The van der Waals surface area contributed by atoms with Crippen molar-refractivity contribution in [3.05, 3.63) is 71.0 Å². The summed E-state index contributed by atoms with van der Waals surface area (Å²) in [5, 5.41) is 9.48. The van der Waals surface area contributed by atoms with E-state index >= 15 is 0 Å². The summed E-state index contributed by atoms with van der Waals surface area (Å²) in [7, 11) is 0. The zero-order valence-corrected chi connectivity index (χ0v) is 15.0. The Hall–Kier alpha value is -2.33. The summed E-state index contributed by atoms with van der Waals surface area (Å²) >= 11 is 6.02. The first-order chi connectivity index (χ1) is 12.2. The zero-order chi connectivity index (χ0) is 17.2. The Morgan fingerprint density at radius 2 is 1.60 bits per heavy atom. The topological polar surface area (TPSA) is 34.0 Å². The lowest BCUT2D eigenvalue weighted by Gasteiger charge is -2.33. The summed E-state index contributed by atoms with van der Waals surface area (Å²) in [6.07, 6.45) is 2.27. The molecule has 2 aromatic carbocycles. The first-order valence-corrected chi connectivity index (χ1v) is 9.08. The highest BCUT2D eigenvalue weighted by Crippen LogP contribution is 2.31. The van der Waals surface area contributed by atoms with Crippen molar-refractivity contribution in [3.8, 4) is 5.69 Å². The molecule has 0 N–H and O–H groups in total. The summed E-state index contributed by atoms with van der Waals surface area (Å²) < 4.78 is 2.11. The van der Waals surface area contributed by atoms with Crippen molar-refractivity contribution >= 4 is 17.5 Å². The van der Waals surface area contributed by atoms with Gasteiger partial charge < -0.3 is 4.90 Å². The smallest absolute Gasteiger partial charge is 0.231 e. The fourth-order valence-corrected chi connectivity index (χ4v) is 3.71. The quantitative estimate of drug-likeness (QED) is 0.690. The molecule has 25 heavy (non-hydrogen) atoms. The average Bonchev–Trinajstić information content (AvgIpc) is 3.05. The third-order valence-corrected chi connectivity index (χ3v) is 5.19. The minimum Gasteiger partial charge on any atom is -0.341 e. The van der Waals surface area contributed by atoms with Crippen LogP contribution in [-0.4, -0.2) is 27.9 Å². The molecule has 1 aliphatic heterocycles. The molecule has 1 fully saturated rings. The summed E-state index contributed by atoms with van der Waals surface area (Å²) in [5.74, 6) is 2.44. The molecular weight excluding hydrogens is 332 g/mol. The van der Waals surface area contributed by atoms with Crippen LogP contribution in [0.3, 0.4) is 0 Å². The lowest BCUT2D eigenvalue weighted by molar-refractivity contribution is 0.497. The summed E-state index contributed by atoms with van der Waals surface area (Å²) in [6, 6.07) is 18.6. The van der Waals surface area contributed by atoms with Crippen molar-refractivity contribution in [1.82, 2.24) is 14.8 Å². The number of aryl methyl sites for hydroxylation is 1. The van der Waals surface area contributed by atoms with E-state index in [0.29, 0.717) is 5.92 Å². The van der Waals surface area contributed by atoms with Crippen molar-refractivity contribution in [2.75, 3.05) is 18.0 Å². The predicted octanol–water partition coefficient (Wildman–Crippen LogP) is 4.61. The van der Waals surface area contributed by atoms with Crippen LogP contribution in [0.1, 0.15) is 30.1 Å². The molecule has 0 radical (unpaired) electrons. The van der Waals surface area contributed by atoms with Crippen molar-refractivity contribution in [2.24, 2.45) is 0 Å². The Morgan fingerprint density at radius 3 is 2.28 bits per heavy atom. The van der Waals surface area contributed by atoms with Gasteiger partial charge in [0.05, 0.1) is 5.69 Å². The summed E-state index contributed by atoms with van der Waals surface area (Å²) in [5.41, 5.74) is 2.49. The van der Waals surface area contributed by atoms with Crippen LogP contribution in [0.5, 0.6) is 0 Å². The first kappa shape index (κ1) is 16.2. The second kappa shape index (κ2) is 6.89. The number of hydrogen-bond donors (Lipinski definition) is 0. The Bertz CT molecular complexity index is 834. The predicted molar refractivity (Wildman–Crippen MR) is 102 cm³/mol. The van der Waals surface area contributed by atoms with E-state index in [-0.39, 0.29) is 0 Å². The van der Waals surface area contributed by atoms with Crippen molar-refractivity contribution in [1.29, 1.82) is 0 Å². The molecule has 1 aliphatic rings. The lowest BCUT2D eigenvalue weighted by Crippen LogP contribution is -2.34. The van der Waals surface area contributed by atoms with Gasteiger partial charge in [-0.15, -0.1) is 10.2 Å². The molecule has 4 nitrogen and oxygen atoms in total. The monoisotopic (exact) mass is 352 g/mol. The molecule has 1 saturated heterocycles. The van der Waals surface area contributed by atoms with E-state index in [1.165, 1.54) is 5.56 Å². The highest BCUT2D eigenvalue weighted by atomic mass is 35.5. The molecule has 0 atom stereocenters. The largest absolute Gasteiger partial charge is 0.341 e. The maximum atomic E-state index is 6.02. The number of anilines is 1. The zero-order valence-electron chi connectivity index (χ0n) is 14.3. The van der Waals surface area contributed by atoms with Crippen molar-refractivity contribution in [2.45, 2.75) is 25.7 Å². The molecule has 0 aliphatic carbocycles. The van der Waals surface area contributed by atoms with E-state index in [1.54, 1.807) is 0 Å². The number of halogens is 1. The fraction of sp³-hybridized carbons (Fsp3) is 0.300. The summed E-state index contributed by atoms with van der Waals surface area (Å²) in [6.45, 7) is 3.97. The first-order valence-electron chi connectivity index (χ1n) is 8.70. The third-order valence-electron chi connectivity index (χ3n) is 4.94. The van der Waals surface area contributed by atoms with Crippen LogP contribution in [0.4, 0.5) is 5.95 Å². The van der Waals surface area contributed by atoms with Crippen LogP contribution < -0.4 is 4.90 Å². The maximum Gasteiger partial charge on any atom is 0.231 e. The lowest BCUT2D eigenvalue weighted by atomic mass is 9.90. The SMILES string of the molecule is Cc1nnc(N2CCC(c3ccccc3)CC2)n1-c1ccc(Cl)cc1. The molecule has 0 saturated carbocycles. The van der Waals surface area contributed by atoms with Gasteiger partial charge in [-0.3, -0.25) is 4.57 Å². The summed E-state index contributed by atoms with van der Waals surface area (Å²) in [4.78, 5) is 2.34. The van der Waals surface area contributed by atoms with Crippen molar-refractivity contribution in [3.63, 3.8) is 0 Å². The van der Waals surface area contributed by atoms with Gasteiger partial charge in [0, 0.05) is 18.1 Å². The average molecular weight is 353 g/mol. The van der Waals surface area contributed by atoms with Crippen LogP contribution in [0.15, 0.2) is 54.6 Å². The molecule has 4 rings (SSSR count). The van der Waals surface area contributed by atoms with Gasteiger partial charge in [0.2, 0.25) is 5.95 Å². The number of nitrogens with zero attached hydrogens (tertiary/aromatic N) is 4. The van der Waals surface area contributed by atoms with Gasteiger partial charge in [-0.1, -0.05) is 41.9 Å². The standard InChI is InChI=1S/C20H21ClN4/c1-15-22-23-20(25(15)19-9-7-18(21)8-10-19)24-13-11-17(12-14-24)16-5-3-2-4-6-16/h2-10,17H,11-14H2,1H3. The van der Waals surface area contributed by atoms with E-state index in [1.807, 2.05) is 31.2 Å². The van der Waals surface area contributed by atoms with Crippen LogP contribution in [0.25, 0.3) is 5.69 Å². The van der Waals surface area contributed by atoms with Gasteiger partial charge in [0.25, 0.3) is 0 Å². The Labute approximate surface area is 153 Å². The molecular formula is C20H21ClN4.